The molecule has 3 rings (SSSR count). The molecule has 0 aromatic carbocycles. The highest BCUT2D eigenvalue weighted by Crippen LogP contribution is 2.29. The van der Waals surface area contributed by atoms with Crippen LogP contribution in [0, 0.1) is 0 Å². The van der Waals surface area contributed by atoms with Gasteiger partial charge in [0, 0.05) is 26.0 Å². The smallest absolute Gasteiger partial charge is 0.328 e. The minimum absolute atomic E-state index is 0.102. The molecule has 0 saturated carbocycles. The van der Waals surface area contributed by atoms with Crippen molar-refractivity contribution in [2.75, 3.05) is 37.4 Å². The number of carbonyl (C=O) groups excluding carboxylic acids is 1. The first-order valence-electron chi connectivity index (χ1n) is 7.97. The Kier molecular flexibility index (Phi) is 5.37. The lowest BCUT2D eigenvalue weighted by Crippen LogP contribution is -2.47. The van der Waals surface area contributed by atoms with Crippen molar-refractivity contribution in [2.24, 2.45) is 0 Å². The zero-order valence-corrected chi connectivity index (χ0v) is 15.6. The Bertz CT molecular complexity index is 744. The van der Waals surface area contributed by atoms with Gasteiger partial charge in [0.05, 0.1) is 12.6 Å². The van der Waals surface area contributed by atoms with Crippen molar-refractivity contribution in [3.8, 4) is 0 Å². The lowest BCUT2D eigenvalue weighted by molar-refractivity contribution is 0.107. The zero-order chi connectivity index (χ0) is 18.0. The summed E-state index contributed by atoms with van der Waals surface area (Å²) >= 11 is 0.894. The molecule has 2 saturated heterocycles. The first-order valence-corrected chi connectivity index (χ1v) is 10.7. The minimum atomic E-state index is -3.46. The lowest BCUT2D eigenvalue weighted by Gasteiger charge is -2.22. The van der Waals surface area contributed by atoms with Crippen LogP contribution in [0.15, 0.2) is 17.0 Å². The number of amides is 2. The molecule has 2 fully saturated rings. The molecule has 3 heterocycles. The Balaban J connectivity index is 1.79. The van der Waals surface area contributed by atoms with Gasteiger partial charge in [0.1, 0.15) is 6.17 Å². The van der Waals surface area contributed by atoms with Crippen LogP contribution in [0.5, 0.6) is 0 Å². The van der Waals surface area contributed by atoms with Crippen LogP contribution in [0.4, 0.5) is 9.93 Å². The van der Waals surface area contributed by atoms with Crippen LogP contribution >= 0.6 is 11.3 Å². The Morgan fingerprint density at radius 3 is 2.88 bits per heavy atom. The number of urea groups is 1. The minimum Gasteiger partial charge on any atom is -0.377 e. The zero-order valence-electron chi connectivity index (χ0n) is 13.9. The van der Waals surface area contributed by atoms with Crippen molar-refractivity contribution in [3.63, 3.8) is 0 Å². The summed E-state index contributed by atoms with van der Waals surface area (Å²) in [5.41, 5.74) is 0. The quantitative estimate of drug-likeness (QED) is 0.535. The van der Waals surface area contributed by atoms with Gasteiger partial charge in [-0.1, -0.05) is 17.4 Å². The van der Waals surface area contributed by atoms with E-state index >= 15 is 0 Å². The molecule has 0 bridgehead atoms. The Labute approximate surface area is 150 Å². The van der Waals surface area contributed by atoms with E-state index in [0.717, 1.165) is 37.0 Å². The van der Waals surface area contributed by atoms with E-state index in [0.29, 0.717) is 19.6 Å². The summed E-state index contributed by atoms with van der Waals surface area (Å²) < 4.78 is 28.8. The van der Waals surface area contributed by atoms with Crippen molar-refractivity contribution >= 4 is 32.3 Å². The summed E-state index contributed by atoms with van der Waals surface area (Å²) in [7, 11) is -3.46. The van der Waals surface area contributed by atoms with Gasteiger partial charge in [-0.15, -0.1) is 16.8 Å². The summed E-state index contributed by atoms with van der Waals surface area (Å²) in [6.45, 7) is 5.91. The fourth-order valence-corrected chi connectivity index (χ4v) is 4.50. The van der Waals surface area contributed by atoms with Crippen molar-refractivity contribution < 1.29 is 17.9 Å². The Hall–Kier alpha value is -1.56. The third-order valence-electron chi connectivity index (χ3n) is 4.06. The van der Waals surface area contributed by atoms with Gasteiger partial charge in [0.2, 0.25) is 19.3 Å². The van der Waals surface area contributed by atoms with Gasteiger partial charge in [-0.05, 0) is 12.8 Å². The number of aromatic nitrogens is 2. The number of carbonyl (C=O) groups is 1. The lowest BCUT2D eigenvalue weighted by atomic mass is 10.2. The summed E-state index contributed by atoms with van der Waals surface area (Å²) in [4.78, 5) is 15.8. The molecule has 2 atom stereocenters. The van der Waals surface area contributed by atoms with Gasteiger partial charge in [0.15, 0.2) is 0 Å². The van der Waals surface area contributed by atoms with E-state index in [2.05, 4.69) is 22.1 Å². The van der Waals surface area contributed by atoms with Crippen LogP contribution < -0.4 is 10.2 Å². The van der Waals surface area contributed by atoms with Crippen LogP contribution in [-0.4, -0.2) is 74.3 Å². The van der Waals surface area contributed by atoms with Crippen LogP contribution in [0.3, 0.4) is 0 Å². The molecule has 1 N–H and O–H groups in total. The highest BCUT2D eigenvalue weighted by molar-refractivity contribution is 7.92. The molecular weight excluding hydrogens is 366 g/mol. The van der Waals surface area contributed by atoms with Crippen molar-refractivity contribution in [1.29, 1.82) is 0 Å². The highest BCUT2D eigenvalue weighted by Gasteiger charge is 2.40. The van der Waals surface area contributed by atoms with Gasteiger partial charge in [-0.25, -0.2) is 13.2 Å². The van der Waals surface area contributed by atoms with Gasteiger partial charge in [-0.2, -0.15) is 0 Å². The second kappa shape index (κ2) is 7.36. The van der Waals surface area contributed by atoms with E-state index in [4.69, 9.17) is 4.74 Å². The molecule has 2 unspecified atom stereocenters. The van der Waals surface area contributed by atoms with E-state index in [1.807, 2.05) is 0 Å². The molecule has 0 radical (unpaired) electrons. The maximum atomic E-state index is 12.7. The Morgan fingerprint density at radius 2 is 2.28 bits per heavy atom. The number of ether oxygens (including phenoxy) is 1. The third kappa shape index (κ3) is 4.00. The number of anilines is 1. The van der Waals surface area contributed by atoms with Gasteiger partial charge in [0.25, 0.3) is 0 Å². The second-order valence-corrected chi connectivity index (χ2v) is 9.17. The summed E-state index contributed by atoms with van der Waals surface area (Å²) in [6.07, 6.45) is 4.56. The number of hydrogen-bond acceptors (Lipinski definition) is 8. The van der Waals surface area contributed by atoms with Crippen molar-refractivity contribution in [2.45, 2.75) is 29.5 Å². The molecule has 2 aliphatic rings. The molecule has 25 heavy (non-hydrogen) atoms. The number of rotatable bonds is 7. The number of hydrogen-bond donors (Lipinski definition) is 1. The molecule has 11 heteroatoms. The van der Waals surface area contributed by atoms with Crippen LogP contribution in [0.1, 0.15) is 12.8 Å². The average molecular weight is 387 g/mol. The van der Waals surface area contributed by atoms with Crippen molar-refractivity contribution in [1.82, 2.24) is 20.4 Å². The van der Waals surface area contributed by atoms with Gasteiger partial charge < -0.3 is 9.64 Å². The summed E-state index contributed by atoms with van der Waals surface area (Å²) in [5, 5.41) is 11.2. The maximum Gasteiger partial charge on any atom is 0.328 e. The van der Waals surface area contributed by atoms with E-state index in [9.17, 15) is 13.2 Å². The van der Waals surface area contributed by atoms with Crippen molar-refractivity contribution in [3.05, 3.63) is 12.7 Å². The van der Waals surface area contributed by atoms with E-state index in [-0.39, 0.29) is 27.8 Å². The molecule has 2 amide bonds. The summed E-state index contributed by atoms with van der Waals surface area (Å²) in [6, 6.07) is -0.249. The second-order valence-electron chi connectivity index (χ2n) is 6.03. The molecule has 0 spiro atoms. The highest BCUT2D eigenvalue weighted by atomic mass is 32.2. The molecule has 138 valence electrons. The SMILES string of the molecule is C=CCN1CC(NCC2CCCO2)N(c2nnc(S(C)(=O)=O)s2)C1=O. The predicted molar refractivity (Wildman–Crippen MR) is 93.4 cm³/mol. The molecule has 9 nitrogen and oxygen atoms in total. The fraction of sp³-hybridized carbons (Fsp3) is 0.643. The number of nitrogens with zero attached hydrogens (tertiary/aromatic N) is 4. The molecule has 1 aromatic heterocycles. The van der Waals surface area contributed by atoms with Crippen LogP contribution in [-0.2, 0) is 14.6 Å². The third-order valence-corrected chi connectivity index (χ3v) is 6.65. The molecule has 2 aliphatic heterocycles. The summed E-state index contributed by atoms with van der Waals surface area (Å²) in [5.74, 6) is 0. The Morgan fingerprint density at radius 1 is 1.48 bits per heavy atom. The number of sulfone groups is 1. The van der Waals surface area contributed by atoms with E-state index < -0.39 is 9.84 Å². The fourth-order valence-electron chi connectivity index (χ4n) is 2.86. The largest absolute Gasteiger partial charge is 0.377 e. The maximum absolute atomic E-state index is 12.7. The molecule has 0 aliphatic carbocycles. The number of nitrogens with one attached hydrogen (secondary N) is 1. The van der Waals surface area contributed by atoms with Gasteiger partial charge in [-0.3, -0.25) is 10.2 Å². The van der Waals surface area contributed by atoms with E-state index in [1.54, 1.807) is 11.0 Å². The predicted octanol–water partition coefficient (Wildman–Crippen LogP) is 0.464. The van der Waals surface area contributed by atoms with Crippen LogP contribution in [0.25, 0.3) is 0 Å². The van der Waals surface area contributed by atoms with Crippen LogP contribution in [0.2, 0.25) is 0 Å². The molecule has 1 aromatic rings. The normalized spacial score (nSPS) is 24.3. The standard InChI is InChI=1S/C14H21N5O4S2/c1-3-6-18-9-11(15-8-10-5-4-7-23-10)19(14(18)20)12-16-17-13(24-12)25(2,21)22/h3,10-11,15H,1,4-9H2,2H3. The first kappa shape index (κ1) is 18.2. The average Bonchev–Trinajstić information content (AvgIpc) is 3.26. The topological polar surface area (TPSA) is 105 Å². The monoisotopic (exact) mass is 387 g/mol. The molecular formula is C14H21N5O4S2. The van der Waals surface area contributed by atoms with E-state index in [1.165, 1.54) is 4.90 Å². The first-order chi connectivity index (χ1) is 11.9. The van der Waals surface area contributed by atoms with Gasteiger partial charge >= 0.3 is 6.03 Å².